The average Bonchev–Trinajstić information content (AvgIpc) is 3.71. The van der Waals surface area contributed by atoms with E-state index < -0.39 is 0 Å². The van der Waals surface area contributed by atoms with Gasteiger partial charge >= 0.3 is 0 Å². The van der Waals surface area contributed by atoms with E-state index in [2.05, 4.69) is 154 Å². The Morgan fingerprint density at radius 2 is 1.13 bits per heavy atom. The number of hydrogen-bond acceptors (Lipinski definition) is 4. The molecule has 0 saturated carbocycles. The molecule has 0 N–H and O–H groups in total. The van der Waals surface area contributed by atoms with Gasteiger partial charge in [-0.25, -0.2) is 0 Å². The molecule has 0 aliphatic carbocycles. The third-order valence-corrected chi connectivity index (χ3v) is 11.6. The molecule has 0 radical (unpaired) electrons. The molecule has 2 aliphatic heterocycles. The van der Waals surface area contributed by atoms with Gasteiger partial charge < -0.3 is 14.2 Å². The normalized spacial score (nSPS) is 12.2. The number of imidazole rings is 1. The minimum Gasteiger partial charge on any atom is -0.462 e. The maximum absolute atomic E-state index is 7.14. The zero-order chi connectivity index (χ0) is 40.3. The van der Waals surface area contributed by atoms with E-state index in [0.29, 0.717) is 11.5 Å². The molecule has 0 atom stereocenters. The highest BCUT2D eigenvalue weighted by Gasteiger charge is 2.42. The second kappa shape index (κ2) is 14.3. The Labute approximate surface area is 353 Å². The standard InChI is InChI=1S/C54H34BN3O3/c1-3-16-36(17-4-1)42-24-15-25-43(37-18-5-2-6-19-37)52(42)58-35-57(39-21-14-23-41(33-39)59-40-22-13-20-38(32-40)46-28-11-12-31-56-46)47-34-50-51-54(53(47)58)61-49-30-10-8-27-45(49)55(51)44-26-7-9-29-48(44)60-50/h1-34H. The van der Waals surface area contributed by atoms with Crippen LogP contribution in [-0.4, -0.2) is 16.3 Å². The number of para-hydroxylation sites is 3. The van der Waals surface area contributed by atoms with Gasteiger partial charge in [-0.2, -0.15) is 0 Å². The highest BCUT2D eigenvalue weighted by Crippen LogP contribution is 2.43. The van der Waals surface area contributed by atoms with E-state index in [-0.39, 0.29) is 6.71 Å². The van der Waals surface area contributed by atoms with E-state index in [1.54, 1.807) is 6.20 Å². The van der Waals surface area contributed by atoms with Crippen LogP contribution in [0.2, 0.25) is 0 Å². The number of fused-ring (bicyclic) bond motifs is 6. The third-order valence-electron chi connectivity index (χ3n) is 11.6. The van der Waals surface area contributed by atoms with Crippen LogP contribution in [0.25, 0.3) is 55.9 Å². The molecule has 61 heavy (non-hydrogen) atoms. The molecule has 0 saturated heterocycles. The summed E-state index contributed by atoms with van der Waals surface area (Å²) in [5.74, 6) is 4.53. The Morgan fingerprint density at radius 1 is 0.525 bits per heavy atom. The van der Waals surface area contributed by atoms with Crippen LogP contribution in [-0.2, 0) is 0 Å². The Kier molecular flexibility index (Phi) is 8.16. The van der Waals surface area contributed by atoms with E-state index in [4.69, 9.17) is 14.2 Å². The molecule has 7 heteroatoms. The highest BCUT2D eigenvalue weighted by molar-refractivity contribution is 6.98. The number of ether oxygens (including phenoxy) is 3. The lowest BCUT2D eigenvalue weighted by Gasteiger charge is -2.33. The van der Waals surface area contributed by atoms with Gasteiger partial charge in [0.25, 0.3) is 13.0 Å². The molecular weight excluding hydrogens is 749 g/mol. The number of hydrogen-bond donors (Lipinski definition) is 0. The first-order valence-corrected chi connectivity index (χ1v) is 20.4. The molecule has 0 fully saturated rings. The van der Waals surface area contributed by atoms with Crippen LogP contribution >= 0.6 is 0 Å². The van der Waals surface area contributed by atoms with Crippen molar-refractivity contribution in [2.24, 2.45) is 0 Å². The molecule has 0 unspecified atom stereocenters. The summed E-state index contributed by atoms with van der Waals surface area (Å²) in [5.41, 5.74) is 12.9. The number of nitrogens with zero attached hydrogens (tertiary/aromatic N) is 3. The molecule has 12 rings (SSSR count). The predicted octanol–water partition coefficient (Wildman–Crippen LogP) is 10.6. The van der Waals surface area contributed by atoms with Gasteiger partial charge in [-0.05, 0) is 93.8 Å². The summed E-state index contributed by atoms with van der Waals surface area (Å²) < 4.78 is 24.9. The number of benzene rings is 8. The second-order valence-electron chi connectivity index (χ2n) is 15.2. The van der Waals surface area contributed by atoms with E-state index in [1.807, 2.05) is 66.7 Å². The summed E-state index contributed by atoms with van der Waals surface area (Å²) in [4.78, 5) is 4.55. The highest BCUT2D eigenvalue weighted by atomic mass is 16.5. The molecule has 8 aromatic carbocycles. The van der Waals surface area contributed by atoms with E-state index >= 15 is 0 Å². The van der Waals surface area contributed by atoms with Gasteiger partial charge in [0.15, 0.2) is 0 Å². The Balaban J connectivity index is 1.12. The van der Waals surface area contributed by atoms with Crippen molar-refractivity contribution in [3.8, 4) is 79.4 Å². The molecular formula is C54H34BN3O3. The lowest BCUT2D eigenvalue weighted by molar-refractivity contribution is -0.572. The zero-order valence-electron chi connectivity index (χ0n) is 32.8. The molecule has 0 bridgehead atoms. The maximum atomic E-state index is 7.14. The lowest BCUT2D eigenvalue weighted by atomic mass is 9.35. The van der Waals surface area contributed by atoms with Crippen LogP contribution in [0, 0.1) is 6.33 Å². The quantitative estimate of drug-likeness (QED) is 0.0918. The van der Waals surface area contributed by atoms with Crippen LogP contribution < -0.4 is 35.2 Å². The van der Waals surface area contributed by atoms with E-state index in [1.165, 1.54) is 0 Å². The van der Waals surface area contributed by atoms with Crippen LogP contribution in [0.3, 0.4) is 0 Å². The van der Waals surface area contributed by atoms with Gasteiger partial charge in [0, 0.05) is 17.2 Å². The minimum absolute atomic E-state index is 0.0994. The van der Waals surface area contributed by atoms with Gasteiger partial charge in [0.05, 0.1) is 22.6 Å². The average molecular weight is 784 g/mol. The van der Waals surface area contributed by atoms with Crippen molar-refractivity contribution in [3.05, 3.63) is 213 Å². The van der Waals surface area contributed by atoms with Gasteiger partial charge in [-0.3, -0.25) is 14.1 Å². The molecule has 2 aromatic heterocycles. The first kappa shape index (κ1) is 34.8. The summed E-state index contributed by atoms with van der Waals surface area (Å²) in [6, 6.07) is 68.5. The van der Waals surface area contributed by atoms with Gasteiger partial charge in [-0.15, -0.1) is 0 Å². The van der Waals surface area contributed by atoms with Crippen molar-refractivity contribution >= 4 is 34.1 Å². The number of aromatic nitrogens is 3. The van der Waals surface area contributed by atoms with Crippen molar-refractivity contribution in [1.82, 2.24) is 9.55 Å². The van der Waals surface area contributed by atoms with Crippen LogP contribution in [0.4, 0.5) is 0 Å². The van der Waals surface area contributed by atoms with Crippen molar-refractivity contribution in [2.45, 2.75) is 0 Å². The van der Waals surface area contributed by atoms with Crippen LogP contribution in [0.5, 0.6) is 34.5 Å². The first-order valence-electron chi connectivity index (χ1n) is 20.4. The van der Waals surface area contributed by atoms with E-state index in [0.717, 1.165) is 95.3 Å². The SMILES string of the molecule is [c-]1n(-c2c(-c3ccccc3)cccc2-c2ccccc2)c2c3c4c(cc2[n+]1-c1cccc(Oc2cccc(-c5ccccn5)c2)c1)Oc1ccccc1B4c1ccccc1O3. The topological polar surface area (TPSA) is 49.4 Å². The van der Waals surface area contributed by atoms with Crippen molar-refractivity contribution < 1.29 is 18.8 Å². The molecule has 286 valence electrons. The fourth-order valence-corrected chi connectivity index (χ4v) is 8.93. The minimum atomic E-state index is -0.0994. The summed E-state index contributed by atoms with van der Waals surface area (Å²) >= 11 is 0. The van der Waals surface area contributed by atoms with Gasteiger partial charge in [0.1, 0.15) is 40.0 Å². The van der Waals surface area contributed by atoms with Crippen molar-refractivity contribution in [3.63, 3.8) is 0 Å². The summed E-state index contributed by atoms with van der Waals surface area (Å²) in [6.45, 7) is -0.0994. The monoisotopic (exact) mass is 783 g/mol. The largest absolute Gasteiger partial charge is 0.462 e. The summed E-state index contributed by atoms with van der Waals surface area (Å²) in [6.07, 6.45) is 5.68. The molecule has 2 aliphatic rings. The summed E-state index contributed by atoms with van der Waals surface area (Å²) in [5, 5.41) is 0. The fourth-order valence-electron chi connectivity index (χ4n) is 8.93. The Morgan fingerprint density at radius 3 is 1.84 bits per heavy atom. The zero-order valence-corrected chi connectivity index (χ0v) is 32.8. The maximum Gasteiger partial charge on any atom is 0.270 e. The van der Waals surface area contributed by atoms with Crippen LogP contribution in [0.1, 0.15) is 0 Å². The first-order chi connectivity index (χ1) is 30.2. The smallest absolute Gasteiger partial charge is 0.270 e. The van der Waals surface area contributed by atoms with Crippen molar-refractivity contribution in [2.75, 3.05) is 0 Å². The Bertz CT molecular complexity index is 3230. The predicted molar refractivity (Wildman–Crippen MR) is 242 cm³/mol. The lowest BCUT2D eigenvalue weighted by Crippen LogP contribution is -2.57. The number of rotatable bonds is 7. The molecule has 0 amide bonds. The molecule has 10 aromatic rings. The van der Waals surface area contributed by atoms with Crippen molar-refractivity contribution in [1.29, 1.82) is 0 Å². The van der Waals surface area contributed by atoms with Gasteiger partial charge in [0.2, 0.25) is 0 Å². The number of pyridine rings is 1. The summed E-state index contributed by atoms with van der Waals surface area (Å²) in [7, 11) is 0. The molecule has 4 heterocycles. The van der Waals surface area contributed by atoms with Gasteiger partial charge in [-0.1, -0.05) is 140 Å². The Hall–Kier alpha value is -8.16. The second-order valence-corrected chi connectivity index (χ2v) is 15.2. The molecule has 6 nitrogen and oxygen atoms in total. The fraction of sp³-hybridized carbons (Fsp3) is 0. The van der Waals surface area contributed by atoms with E-state index in [9.17, 15) is 0 Å². The molecule has 0 spiro atoms. The van der Waals surface area contributed by atoms with Crippen LogP contribution in [0.15, 0.2) is 206 Å². The third kappa shape index (κ3) is 5.89.